The maximum absolute atomic E-state index is 13.8. The summed E-state index contributed by atoms with van der Waals surface area (Å²) < 4.78 is 23.2. The van der Waals surface area contributed by atoms with Crippen LogP contribution in [0.5, 0.6) is 5.75 Å². The summed E-state index contributed by atoms with van der Waals surface area (Å²) in [5.41, 5.74) is 2.62. The monoisotopic (exact) mass is 663 g/mol. The summed E-state index contributed by atoms with van der Waals surface area (Å²) in [6.45, 7) is 5.68. The molecule has 11 heteroatoms. The maximum atomic E-state index is 13.8. The van der Waals surface area contributed by atoms with Gasteiger partial charge in [0.25, 0.3) is 5.91 Å². The molecule has 0 saturated heterocycles. The largest absolute Gasteiger partial charge is 0.490 e. The molecule has 0 radical (unpaired) electrons. The minimum Gasteiger partial charge on any atom is -0.490 e. The van der Waals surface area contributed by atoms with Crippen LogP contribution in [0.25, 0.3) is 0 Å². The van der Waals surface area contributed by atoms with Gasteiger partial charge in [0.15, 0.2) is 0 Å². The van der Waals surface area contributed by atoms with Crippen molar-refractivity contribution in [3.05, 3.63) is 82.2 Å². The van der Waals surface area contributed by atoms with E-state index in [1.807, 2.05) is 44.2 Å². The van der Waals surface area contributed by atoms with Gasteiger partial charge >= 0.3 is 0 Å². The molecular formula is C35H42ClN5O4S. The zero-order valence-electron chi connectivity index (χ0n) is 26.4. The molecule has 3 N–H and O–H groups in total. The molecule has 46 heavy (non-hydrogen) atoms. The van der Waals surface area contributed by atoms with Crippen molar-refractivity contribution < 1.29 is 18.8 Å². The summed E-state index contributed by atoms with van der Waals surface area (Å²) in [7, 11) is -3.00. The highest BCUT2D eigenvalue weighted by molar-refractivity contribution is 7.99. The van der Waals surface area contributed by atoms with Gasteiger partial charge in [-0.15, -0.1) is 0 Å². The van der Waals surface area contributed by atoms with Crippen molar-refractivity contribution >= 4 is 38.8 Å². The molecule has 2 aliphatic heterocycles. The maximum Gasteiger partial charge on any atom is 0.262 e. The molecule has 9 nitrogen and oxygen atoms in total. The summed E-state index contributed by atoms with van der Waals surface area (Å²) in [5, 5.41) is 23.7. The number of carbonyl (C=O) groups excluding carboxylic acids is 1. The zero-order chi connectivity index (χ0) is 32.3. The van der Waals surface area contributed by atoms with Gasteiger partial charge < -0.3 is 14.7 Å². The van der Waals surface area contributed by atoms with Crippen molar-refractivity contribution in [3.63, 3.8) is 0 Å². The standard InChI is InChI=1S/C35H42ClN5O4S/c1-22-6-4-15-35(43,32-18-37-40-38-32)29-11-8-26(29)19-41-20-34(14-5-7-24-16-27(36)10-12-28(24)34)21-45-31-13-9-25(17-30(31)41)33(42)39-46(3,44)23(22)2/h4,9-10,12-13,15-18,22-23,26,29,43H,3,5-8,11,14,19-21H2,1-2H3,(H,37,38,40)(H,39,42,44)/b15-4+/t22-,23+,26-,29+,34-,35-,46?/m0/s1. The molecule has 1 fully saturated rings. The fourth-order valence-electron chi connectivity index (χ4n) is 8.04. The highest BCUT2D eigenvalue weighted by atomic mass is 35.5. The van der Waals surface area contributed by atoms with Gasteiger partial charge in [-0.05, 0) is 105 Å². The van der Waals surface area contributed by atoms with Crippen LogP contribution in [-0.4, -0.2) is 61.5 Å². The first-order valence-electron chi connectivity index (χ1n) is 16.2. The molecule has 2 aromatic carbocycles. The normalized spacial score (nSPS) is 35.1. The van der Waals surface area contributed by atoms with Crippen LogP contribution in [0.2, 0.25) is 5.02 Å². The highest BCUT2D eigenvalue weighted by Gasteiger charge is 2.50. The number of aromatic nitrogens is 3. The molecule has 7 atom stereocenters. The number of nitrogens with one attached hydrogen (secondary N) is 2. The molecule has 4 aliphatic rings. The van der Waals surface area contributed by atoms with E-state index < -0.39 is 26.5 Å². The molecule has 7 rings (SSSR count). The number of benzene rings is 2. The molecule has 1 unspecified atom stereocenters. The molecule has 3 aromatic rings. The van der Waals surface area contributed by atoms with Gasteiger partial charge in [0, 0.05) is 40.3 Å². The zero-order valence-corrected chi connectivity index (χ0v) is 27.9. The first-order chi connectivity index (χ1) is 22.0. The molecule has 1 spiro atoms. The number of rotatable bonds is 1. The van der Waals surface area contributed by atoms with E-state index in [0.717, 1.165) is 42.8 Å². The number of ether oxygens (including phenoxy) is 1. The Hall–Kier alpha value is -3.34. The number of aliphatic hydroxyl groups is 1. The SMILES string of the molecule is C=S1(=O)NC(=O)c2ccc3c(c2)N(C[C@@H]2CC[C@H]2[C@](O)(c2cn[nH]n2)/C=C/C[C@H](C)[C@H]1C)C[C@@]1(CCCc2cc(Cl)ccc21)CO3. The van der Waals surface area contributed by atoms with Crippen molar-refractivity contribution in [2.75, 3.05) is 24.6 Å². The number of aryl methyl sites for hydroxylation is 1. The van der Waals surface area contributed by atoms with Crippen molar-refractivity contribution in [3.8, 4) is 5.75 Å². The number of fused-ring (bicyclic) bond motifs is 4. The number of carbonyl (C=O) groups is 1. The summed E-state index contributed by atoms with van der Waals surface area (Å²) in [5.74, 6) is 4.23. The van der Waals surface area contributed by atoms with Crippen LogP contribution < -0.4 is 14.4 Å². The number of halogens is 1. The minimum atomic E-state index is -3.00. The average molecular weight is 664 g/mol. The second kappa shape index (κ2) is 11.7. The number of anilines is 1. The van der Waals surface area contributed by atoms with Gasteiger partial charge in [0.05, 0.1) is 28.2 Å². The predicted molar refractivity (Wildman–Crippen MR) is 182 cm³/mol. The number of aromatic amines is 1. The Morgan fingerprint density at radius 2 is 2.04 bits per heavy atom. The van der Waals surface area contributed by atoms with E-state index in [9.17, 15) is 14.1 Å². The third kappa shape index (κ3) is 5.42. The van der Waals surface area contributed by atoms with Crippen LogP contribution in [0.15, 0.2) is 54.7 Å². The predicted octanol–water partition coefficient (Wildman–Crippen LogP) is 5.19. The molecule has 1 saturated carbocycles. The van der Waals surface area contributed by atoms with Crippen LogP contribution >= 0.6 is 11.6 Å². The van der Waals surface area contributed by atoms with E-state index >= 15 is 0 Å². The van der Waals surface area contributed by atoms with Gasteiger partial charge in [0.1, 0.15) is 17.0 Å². The molecule has 1 amide bonds. The van der Waals surface area contributed by atoms with E-state index in [1.165, 1.54) is 11.1 Å². The summed E-state index contributed by atoms with van der Waals surface area (Å²) >= 11 is 6.44. The Morgan fingerprint density at radius 3 is 2.80 bits per heavy atom. The smallest absolute Gasteiger partial charge is 0.262 e. The van der Waals surface area contributed by atoms with Gasteiger partial charge in [-0.3, -0.25) is 9.52 Å². The summed E-state index contributed by atoms with van der Waals surface area (Å²) in [4.78, 5) is 16.0. The number of hydrogen-bond acceptors (Lipinski definition) is 7. The van der Waals surface area contributed by atoms with Crippen molar-refractivity contribution in [1.29, 1.82) is 0 Å². The molecule has 3 heterocycles. The molecular weight excluding hydrogens is 622 g/mol. The average Bonchev–Trinajstić information content (AvgIpc) is 3.52. The lowest BCUT2D eigenvalue weighted by Crippen LogP contribution is -2.51. The van der Waals surface area contributed by atoms with E-state index in [2.05, 4.69) is 43.0 Å². The lowest BCUT2D eigenvalue weighted by Gasteiger charge is -2.48. The molecule has 2 bridgehead atoms. The third-order valence-corrected chi connectivity index (χ3v) is 13.5. The van der Waals surface area contributed by atoms with Gasteiger partial charge in [-0.25, -0.2) is 4.21 Å². The van der Waals surface area contributed by atoms with Crippen LogP contribution in [0.1, 0.15) is 73.1 Å². The number of amides is 1. The fraction of sp³-hybridized carbons (Fsp3) is 0.486. The number of allylic oxidation sites excluding steroid dienone is 1. The first kappa shape index (κ1) is 31.3. The number of H-pyrrole nitrogens is 1. The molecule has 1 aromatic heterocycles. The van der Waals surface area contributed by atoms with Gasteiger partial charge in [-0.1, -0.05) is 36.7 Å². The first-order valence-corrected chi connectivity index (χ1v) is 18.4. The fourth-order valence-corrected chi connectivity index (χ4v) is 9.71. The summed E-state index contributed by atoms with van der Waals surface area (Å²) in [6, 6.07) is 11.7. The van der Waals surface area contributed by atoms with Crippen molar-refractivity contribution in [2.24, 2.45) is 17.8 Å². The van der Waals surface area contributed by atoms with Gasteiger partial charge in [0.2, 0.25) is 0 Å². The number of hydrogen-bond donors (Lipinski definition) is 3. The van der Waals surface area contributed by atoms with Gasteiger partial charge in [-0.2, -0.15) is 15.4 Å². The van der Waals surface area contributed by atoms with Crippen LogP contribution in [0.3, 0.4) is 0 Å². The quantitative estimate of drug-likeness (QED) is 0.242. The van der Waals surface area contributed by atoms with E-state index in [4.69, 9.17) is 16.3 Å². The molecule has 244 valence electrons. The highest BCUT2D eigenvalue weighted by Crippen LogP contribution is 2.50. The van der Waals surface area contributed by atoms with E-state index in [1.54, 1.807) is 12.3 Å². The molecule has 2 aliphatic carbocycles. The Morgan fingerprint density at radius 1 is 1.20 bits per heavy atom. The van der Waals surface area contributed by atoms with Crippen molar-refractivity contribution in [2.45, 2.75) is 68.6 Å². The van der Waals surface area contributed by atoms with E-state index in [-0.39, 0.29) is 23.2 Å². The Kier molecular flexibility index (Phi) is 7.97. The van der Waals surface area contributed by atoms with Crippen LogP contribution in [-0.2, 0) is 27.1 Å². The lowest BCUT2D eigenvalue weighted by atomic mass is 9.63. The third-order valence-electron chi connectivity index (χ3n) is 11.1. The number of nitrogens with zero attached hydrogens (tertiary/aromatic N) is 3. The van der Waals surface area contributed by atoms with E-state index in [0.29, 0.717) is 43.1 Å². The Balaban J connectivity index is 1.34. The summed E-state index contributed by atoms with van der Waals surface area (Å²) in [6.07, 6.45) is 10.7. The Labute approximate surface area is 275 Å². The minimum absolute atomic E-state index is 0.0754. The lowest BCUT2D eigenvalue weighted by molar-refractivity contribution is -0.0530. The Bertz CT molecular complexity index is 1780. The van der Waals surface area contributed by atoms with Crippen molar-refractivity contribution in [1.82, 2.24) is 20.1 Å². The second-order valence-electron chi connectivity index (χ2n) is 13.9. The second-order valence-corrected chi connectivity index (χ2v) is 16.7. The van der Waals surface area contributed by atoms with Crippen LogP contribution in [0, 0.1) is 17.8 Å². The van der Waals surface area contributed by atoms with Crippen LogP contribution in [0.4, 0.5) is 5.69 Å². The topological polar surface area (TPSA) is 120 Å².